The van der Waals surface area contributed by atoms with Crippen LogP contribution in [-0.2, 0) is 6.54 Å². The molecule has 3 aromatic rings. The minimum absolute atomic E-state index is 0.124. The zero-order valence-corrected chi connectivity index (χ0v) is 18.3. The van der Waals surface area contributed by atoms with Crippen LogP contribution < -0.4 is 10.6 Å². The molecule has 0 aliphatic heterocycles. The summed E-state index contributed by atoms with van der Waals surface area (Å²) in [4.78, 5) is 17.1. The Bertz CT molecular complexity index is 1030. The fraction of sp³-hybridized carbons (Fsp3) is 0.182. The summed E-state index contributed by atoms with van der Waals surface area (Å²) in [5, 5.41) is 6.67. The summed E-state index contributed by atoms with van der Waals surface area (Å²) in [5.41, 5.74) is 3.02. The molecule has 0 spiro atoms. The standard InChI is InChI=1S/C22H20BrClFN3O/c1-13(2)17-10-21(28-16-7-8-19(23)20(24)9-16)26-12-18(17)22(29)27-11-14-3-5-15(25)6-4-14/h3-10,12-13H,11H2,1-2H3,(H,26,28)(H,27,29). The Kier molecular flexibility index (Phi) is 6.87. The second-order valence-electron chi connectivity index (χ2n) is 6.87. The van der Waals surface area contributed by atoms with E-state index >= 15 is 0 Å². The summed E-state index contributed by atoms with van der Waals surface area (Å²) in [7, 11) is 0. The molecule has 0 radical (unpaired) electrons. The number of pyridine rings is 1. The number of carbonyl (C=O) groups excluding carboxylic acids is 1. The van der Waals surface area contributed by atoms with Crippen LogP contribution in [-0.4, -0.2) is 10.9 Å². The lowest BCUT2D eigenvalue weighted by Gasteiger charge is -2.15. The van der Waals surface area contributed by atoms with Gasteiger partial charge in [0.05, 0.1) is 10.6 Å². The van der Waals surface area contributed by atoms with E-state index in [4.69, 9.17) is 11.6 Å². The van der Waals surface area contributed by atoms with Crippen molar-refractivity contribution in [1.82, 2.24) is 10.3 Å². The molecular weight excluding hydrogens is 457 g/mol. The Labute approximate surface area is 182 Å². The van der Waals surface area contributed by atoms with E-state index < -0.39 is 0 Å². The molecule has 0 aliphatic rings. The first-order chi connectivity index (χ1) is 13.8. The third-order valence-corrected chi connectivity index (χ3v) is 5.59. The molecule has 0 aliphatic carbocycles. The van der Waals surface area contributed by atoms with Gasteiger partial charge in [-0.3, -0.25) is 4.79 Å². The molecule has 1 amide bonds. The van der Waals surface area contributed by atoms with Gasteiger partial charge in [0.2, 0.25) is 0 Å². The SMILES string of the molecule is CC(C)c1cc(Nc2ccc(Br)c(Cl)c2)ncc1C(=O)NCc1ccc(F)cc1. The Morgan fingerprint density at radius 2 is 1.90 bits per heavy atom. The van der Waals surface area contributed by atoms with Crippen LogP contribution in [0.25, 0.3) is 0 Å². The maximum absolute atomic E-state index is 13.0. The van der Waals surface area contributed by atoms with Crippen molar-refractivity contribution in [2.75, 3.05) is 5.32 Å². The van der Waals surface area contributed by atoms with Crippen LogP contribution >= 0.6 is 27.5 Å². The second-order valence-corrected chi connectivity index (χ2v) is 8.14. The van der Waals surface area contributed by atoms with E-state index in [2.05, 4.69) is 31.5 Å². The number of carbonyl (C=O) groups is 1. The summed E-state index contributed by atoms with van der Waals surface area (Å²) in [5.74, 6) is 0.228. The van der Waals surface area contributed by atoms with Crippen molar-refractivity contribution in [1.29, 1.82) is 0 Å². The van der Waals surface area contributed by atoms with Crippen LogP contribution in [0.5, 0.6) is 0 Å². The Morgan fingerprint density at radius 1 is 1.17 bits per heavy atom. The molecule has 150 valence electrons. The number of hydrogen-bond donors (Lipinski definition) is 2. The van der Waals surface area contributed by atoms with E-state index in [9.17, 15) is 9.18 Å². The van der Waals surface area contributed by atoms with Crippen LogP contribution in [0.15, 0.2) is 59.2 Å². The average Bonchev–Trinajstić information content (AvgIpc) is 2.70. The Balaban J connectivity index is 1.77. The van der Waals surface area contributed by atoms with E-state index in [1.165, 1.54) is 12.1 Å². The van der Waals surface area contributed by atoms with E-state index in [-0.39, 0.29) is 17.6 Å². The van der Waals surface area contributed by atoms with Crippen LogP contribution in [0.4, 0.5) is 15.9 Å². The molecule has 0 fully saturated rings. The van der Waals surface area contributed by atoms with Crippen LogP contribution in [0.3, 0.4) is 0 Å². The predicted octanol–water partition coefficient (Wildman–Crippen LogP) is 6.43. The molecule has 0 unspecified atom stereocenters. The number of aromatic nitrogens is 1. The van der Waals surface area contributed by atoms with Gasteiger partial charge < -0.3 is 10.6 Å². The molecule has 4 nitrogen and oxygen atoms in total. The number of nitrogens with one attached hydrogen (secondary N) is 2. The summed E-state index contributed by atoms with van der Waals surface area (Å²) < 4.78 is 13.8. The number of benzene rings is 2. The highest BCUT2D eigenvalue weighted by atomic mass is 79.9. The van der Waals surface area contributed by atoms with Crippen molar-refractivity contribution in [3.8, 4) is 0 Å². The molecule has 1 aromatic heterocycles. The van der Waals surface area contributed by atoms with Gasteiger partial charge in [0, 0.05) is 22.9 Å². The number of rotatable bonds is 6. The smallest absolute Gasteiger partial charge is 0.253 e. The highest BCUT2D eigenvalue weighted by Crippen LogP contribution is 2.28. The summed E-state index contributed by atoms with van der Waals surface area (Å²) in [6, 6.07) is 13.4. The van der Waals surface area contributed by atoms with E-state index in [0.717, 1.165) is 21.3 Å². The van der Waals surface area contributed by atoms with Gasteiger partial charge in [0.1, 0.15) is 11.6 Å². The molecule has 0 atom stereocenters. The first-order valence-electron chi connectivity index (χ1n) is 9.08. The fourth-order valence-electron chi connectivity index (χ4n) is 2.81. The zero-order valence-electron chi connectivity index (χ0n) is 16.0. The monoisotopic (exact) mass is 475 g/mol. The molecule has 3 rings (SSSR count). The predicted molar refractivity (Wildman–Crippen MR) is 118 cm³/mol. The highest BCUT2D eigenvalue weighted by molar-refractivity contribution is 9.10. The quantitative estimate of drug-likeness (QED) is 0.431. The average molecular weight is 477 g/mol. The van der Waals surface area contributed by atoms with Gasteiger partial charge in [0.25, 0.3) is 5.91 Å². The molecule has 29 heavy (non-hydrogen) atoms. The third-order valence-electron chi connectivity index (χ3n) is 4.36. The maximum Gasteiger partial charge on any atom is 0.253 e. The van der Waals surface area contributed by atoms with Crippen molar-refractivity contribution >= 4 is 44.9 Å². The van der Waals surface area contributed by atoms with Crippen molar-refractivity contribution < 1.29 is 9.18 Å². The summed E-state index contributed by atoms with van der Waals surface area (Å²) >= 11 is 9.51. The molecular formula is C22H20BrClFN3O. The maximum atomic E-state index is 13.0. The third kappa shape index (κ3) is 5.55. The van der Waals surface area contributed by atoms with Gasteiger partial charge >= 0.3 is 0 Å². The van der Waals surface area contributed by atoms with E-state index in [0.29, 0.717) is 22.9 Å². The zero-order chi connectivity index (χ0) is 21.0. The van der Waals surface area contributed by atoms with Crippen LogP contribution in [0, 0.1) is 5.82 Å². The minimum Gasteiger partial charge on any atom is -0.348 e. The van der Waals surface area contributed by atoms with Crippen molar-refractivity contribution in [2.24, 2.45) is 0 Å². The normalized spacial score (nSPS) is 10.8. The number of halogens is 3. The Morgan fingerprint density at radius 3 is 2.55 bits per heavy atom. The molecule has 0 saturated heterocycles. The lowest BCUT2D eigenvalue weighted by atomic mass is 9.98. The topological polar surface area (TPSA) is 54.0 Å². The first kappa shape index (κ1) is 21.3. The molecule has 0 saturated carbocycles. The molecule has 7 heteroatoms. The Hall–Kier alpha value is -2.44. The van der Waals surface area contributed by atoms with Crippen molar-refractivity contribution in [3.63, 3.8) is 0 Å². The number of amides is 1. The largest absolute Gasteiger partial charge is 0.348 e. The van der Waals surface area contributed by atoms with E-state index in [1.54, 1.807) is 24.4 Å². The summed E-state index contributed by atoms with van der Waals surface area (Å²) in [6.45, 7) is 4.35. The molecule has 0 bridgehead atoms. The number of nitrogens with zero attached hydrogens (tertiary/aromatic N) is 1. The van der Waals surface area contributed by atoms with Crippen LogP contribution in [0.1, 0.15) is 41.3 Å². The van der Waals surface area contributed by atoms with Gasteiger partial charge in [0.15, 0.2) is 0 Å². The second kappa shape index (κ2) is 9.37. The molecule has 2 aromatic carbocycles. The highest BCUT2D eigenvalue weighted by Gasteiger charge is 2.16. The fourth-order valence-corrected chi connectivity index (χ4v) is 3.24. The van der Waals surface area contributed by atoms with Gasteiger partial charge in [-0.25, -0.2) is 9.37 Å². The lowest BCUT2D eigenvalue weighted by Crippen LogP contribution is -2.24. The van der Waals surface area contributed by atoms with Crippen molar-refractivity contribution in [3.05, 3.63) is 86.7 Å². The summed E-state index contributed by atoms with van der Waals surface area (Å²) in [6.07, 6.45) is 1.57. The van der Waals surface area contributed by atoms with E-state index in [1.807, 2.05) is 32.0 Å². The molecule has 1 heterocycles. The van der Waals surface area contributed by atoms with Gasteiger partial charge in [-0.2, -0.15) is 0 Å². The minimum atomic E-state index is -0.304. The van der Waals surface area contributed by atoms with Crippen molar-refractivity contribution in [2.45, 2.75) is 26.3 Å². The lowest BCUT2D eigenvalue weighted by molar-refractivity contribution is 0.0949. The number of hydrogen-bond acceptors (Lipinski definition) is 3. The van der Waals surface area contributed by atoms with Gasteiger partial charge in [-0.05, 0) is 69.4 Å². The van der Waals surface area contributed by atoms with Gasteiger partial charge in [-0.15, -0.1) is 0 Å². The number of anilines is 2. The molecule has 2 N–H and O–H groups in total. The van der Waals surface area contributed by atoms with Crippen LogP contribution in [0.2, 0.25) is 5.02 Å². The first-order valence-corrected chi connectivity index (χ1v) is 10.2. The van der Waals surface area contributed by atoms with Gasteiger partial charge in [-0.1, -0.05) is 37.6 Å².